The van der Waals surface area contributed by atoms with Crippen molar-refractivity contribution in [3.05, 3.63) is 0 Å². The Morgan fingerprint density at radius 1 is 0.818 bits per heavy atom. The molecule has 0 radical (unpaired) electrons. The molecule has 0 aliphatic rings. The number of hydrogen-bond acceptors (Lipinski definition) is 5. The number of rotatable bonds is 8. The minimum atomic E-state index is 0.227. The normalized spacial score (nSPS) is 8.73. The monoisotopic (exact) mass is 162 g/mol. The van der Waals surface area contributed by atoms with Crippen molar-refractivity contribution in [1.82, 2.24) is 0 Å². The van der Waals surface area contributed by atoms with Gasteiger partial charge in [0.2, 0.25) is 0 Å². The Kier molecular flexibility index (Phi) is 8.01. The highest BCUT2D eigenvalue weighted by Gasteiger charge is 1.87. The summed E-state index contributed by atoms with van der Waals surface area (Å²) in [5.41, 5.74) is 0. The van der Waals surface area contributed by atoms with Crippen molar-refractivity contribution in [2.45, 2.75) is 0 Å². The standard InChI is InChI=1S/C6H10O5/c7-5-10-3-1-9-2-4-11-6-8/h5-6H,1-4H2. The molecule has 0 aromatic carbocycles. The minimum absolute atomic E-state index is 0.227. The predicted molar refractivity (Wildman–Crippen MR) is 34.9 cm³/mol. The molecule has 0 rings (SSSR count). The first kappa shape index (κ1) is 9.90. The van der Waals surface area contributed by atoms with Gasteiger partial charge in [-0.15, -0.1) is 0 Å². The van der Waals surface area contributed by atoms with Gasteiger partial charge >= 0.3 is 0 Å². The summed E-state index contributed by atoms with van der Waals surface area (Å²) >= 11 is 0. The molecular formula is C6H10O5. The molecule has 11 heavy (non-hydrogen) atoms. The molecule has 0 fully saturated rings. The fourth-order valence-corrected chi connectivity index (χ4v) is 0.412. The van der Waals surface area contributed by atoms with E-state index in [-0.39, 0.29) is 13.2 Å². The summed E-state index contributed by atoms with van der Waals surface area (Å²) in [5, 5.41) is 0. The van der Waals surface area contributed by atoms with Crippen molar-refractivity contribution in [3.63, 3.8) is 0 Å². The van der Waals surface area contributed by atoms with Crippen LogP contribution in [0.4, 0.5) is 0 Å². The number of carbonyl (C=O) groups excluding carboxylic acids is 2. The summed E-state index contributed by atoms with van der Waals surface area (Å²) in [6, 6.07) is 0. The van der Waals surface area contributed by atoms with E-state index >= 15 is 0 Å². The van der Waals surface area contributed by atoms with Gasteiger partial charge in [0.1, 0.15) is 13.2 Å². The Bertz CT molecular complexity index is 91.1. The van der Waals surface area contributed by atoms with Crippen LogP contribution in [0.5, 0.6) is 0 Å². The maximum Gasteiger partial charge on any atom is 0.293 e. The van der Waals surface area contributed by atoms with Gasteiger partial charge in [0, 0.05) is 0 Å². The highest BCUT2D eigenvalue weighted by Crippen LogP contribution is 1.76. The van der Waals surface area contributed by atoms with E-state index in [1.807, 2.05) is 0 Å². The van der Waals surface area contributed by atoms with Gasteiger partial charge in [0.25, 0.3) is 12.9 Å². The van der Waals surface area contributed by atoms with Crippen LogP contribution in [0.25, 0.3) is 0 Å². The van der Waals surface area contributed by atoms with E-state index in [1.165, 1.54) is 0 Å². The summed E-state index contributed by atoms with van der Waals surface area (Å²) in [6.45, 7) is 1.80. The van der Waals surface area contributed by atoms with Gasteiger partial charge in [0.15, 0.2) is 0 Å². The van der Waals surface area contributed by atoms with Crippen LogP contribution in [0.3, 0.4) is 0 Å². The molecule has 5 heteroatoms. The molecule has 0 aromatic rings. The second-order valence-electron chi connectivity index (χ2n) is 1.55. The van der Waals surface area contributed by atoms with Crippen molar-refractivity contribution in [2.24, 2.45) is 0 Å². The van der Waals surface area contributed by atoms with E-state index in [0.717, 1.165) is 0 Å². The minimum Gasteiger partial charge on any atom is -0.465 e. The van der Waals surface area contributed by atoms with Crippen molar-refractivity contribution in [2.75, 3.05) is 26.4 Å². The highest BCUT2D eigenvalue weighted by atomic mass is 16.6. The Morgan fingerprint density at radius 3 is 1.64 bits per heavy atom. The topological polar surface area (TPSA) is 61.8 Å². The molecule has 0 aromatic heterocycles. The maximum atomic E-state index is 9.59. The lowest BCUT2D eigenvalue weighted by atomic mass is 10.7. The molecule has 64 valence electrons. The number of carbonyl (C=O) groups is 2. The molecule has 0 spiro atoms. The highest BCUT2D eigenvalue weighted by molar-refractivity contribution is 5.37. The lowest BCUT2D eigenvalue weighted by Gasteiger charge is -2.00. The fraction of sp³-hybridized carbons (Fsp3) is 0.667. The van der Waals surface area contributed by atoms with Gasteiger partial charge in [-0.2, -0.15) is 0 Å². The number of ether oxygens (including phenoxy) is 3. The third-order valence-electron chi connectivity index (χ3n) is 0.827. The smallest absolute Gasteiger partial charge is 0.293 e. The molecule has 0 saturated heterocycles. The SMILES string of the molecule is O=COCCOCCOC=O. The first-order valence-electron chi connectivity index (χ1n) is 3.10. The summed E-state index contributed by atoms with van der Waals surface area (Å²) in [6.07, 6.45) is 0. The van der Waals surface area contributed by atoms with E-state index in [1.54, 1.807) is 0 Å². The molecule has 0 saturated carbocycles. The molecule has 0 aliphatic carbocycles. The summed E-state index contributed by atoms with van der Waals surface area (Å²) in [7, 11) is 0. The van der Waals surface area contributed by atoms with E-state index in [2.05, 4.69) is 9.47 Å². The first-order chi connectivity index (χ1) is 5.41. The second-order valence-corrected chi connectivity index (χ2v) is 1.55. The van der Waals surface area contributed by atoms with Crippen LogP contribution in [-0.2, 0) is 23.8 Å². The van der Waals surface area contributed by atoms with Crippen LogP contribution in [0.15, 0.2) is 0 Å². The molecule has 0 heterocycles. The van der Waals surface area contributed by atoms with Crippen molar-refractivity contribution in [1.29, 1.82) is 0 Å². The first-order valence-corrected chi connectivity index (χ1v) is 3.10. The van der Waals surface area contributed by atoms with Crippen molar-refractivity contribution < 1.29 is 23.8 Å². The largest absolute Gasteiger partial charge is 0.465 e. The van der Waals surface area contributed by atoms with Gasteiger partial charge < -0.3 is 14.2 Å². The summed E-state index contributed by atoms with van der Waals surface area (Å²) in [4.78, 5) is 19.2. The van der Waals surface area contributed by atoms with E-state index < -0.39 is 0 Å². The van der Waals surface area contributed by atoms with Crippen LogP contribution < -0.4 is 0 Å². The fourth-order valence-electron chi connectivity index (χ4n) is 0.412. The zero-order valence-electron chi connectivity index (χ0n) is 6.02. The van der Waals surface area contributed by atoms with Crippen LogP contribution >= 0.6 is 0 Å². The molecule has 0 bridgehead atoms. The van der Waals surface area contributed by atoms with Crippen LogP contribution in [0, 0.1) is 0 Å². The molecule has 0 unspecified atom stereocenters. The number of hydrogen-bond donors (Lipinski definition) is 0. The van der Waals surface area contributed by atoms with Gasteiger partial charge in [-0.1, -0.05) is 0 Å². The Labute approximate surface area is 64.2 Å². The Hall–Kier alpha value is -1.10. The van der Waals surface area contributed by atoms with Gasteiger partial charge in [-0.3, -0.25) is 9.59 Å². The zero-order valence-corrected chi connectivity index (χ0v) is 6.02. The van der Waals surface area contributed by atoms with Crippen LogP contribution in [0.1, 0.15) is 0 Å². The molecule has 0 aliphatic heterocycles. The molecule has 5 nitrogen and oxygen atoms in total. The van der Waals surface area contributed by atoms with E-state index in [9.17, 15) is 9.59 Å². The molecule has 0 amide bonds. The third-order valence-corrected chi connectivity index (χ3v) is 0.827. The van der Waals surface area contributed by atoms with Crippen LogP contribution in [0.2, 0.25) is 0 Å². The van der Waals surface area contributed by atoms with Crippen molar-refractivity contribution in [3.8, 4) is 0 Å². The van der Waals surface area contributed by atoms with E-state index in [0.29, 0.717) is 26.2 Å². The van der Waals surface area contributed by atoms with Crippen LogP contribution in [-0.4, -0.2) is 39.4 Å². The van der Waals surface area contributed by atoms with Crippen molar-refractivity contribution >= 4 is 12.9 Å². The molecule has 0 atom stereocenters. The summed E-state index contributed by atoms with van der Waals surface area (Å²) < 4.78 is 13.5. The lowest BCUT2D eigenvalue weighted by Crippen LogP contribution is -2.08. The lowest BCUT2D eigenvalue weighted by molar-refractivity contribution is -0.131. The van der Waals surface area contributed by atoms with Gasteiger partial charge in [-0.05, 0) is 0 Å². The molecular weight excluding hydrogens is 152 g/mol. The van der Waals surface area contributed by atoms with Gasteiger partial charge in [-0.25, -0.2) is 0 Å². The average molecular weight is 162 g/mol. The maximum absolute atomic E-state index is 9.59. The quantitative estimate of drug-likeness (QED) is 0.350. The zero-order chi connectivity index (χ0) is 8.36. The van der Waals surface area contributed by atoms with Gasteiger partial charge in [0.05, 0.1) is 13.2 Å². The third kappa shape index (κ3) is 8.90. The Balaban J connectivity index is 2.79. The second kappa shape index (κ2) is 8.90. The predicted octanol–water partition coefficient (Wildman–Crippen LogP) is -0.651. The summed E-state index contributed by atoms with van der Waals surface area (Å²) in [5.74, 6) is 0. The molecule has 0 N–H and O–H groups in total. The Morgan fingerprint density at radius 2 is 1.27 bits per heavy atom. The average Bonchev–Trinajstić information content (AvgIpc) is 2.03. The van der Waals surface area contributed by atoms with E-state index in [4.69, 9.17) is 4.74 Å².